The Labute approximate surface area is 162 Å². The zero-order chi connectivity index (χ0) is 19.0. The summed E-state index contributed by atoms with van der Waals surface area (Å²) in [7, 11) is -3.50. The first-order valence-corrected chi connectivity index (χ1v) is 11.2. The van der Waals surface area contributed by atoms with Gasteiger partial charge in [0.15, 0.2) is 0 Å². The van der Waals surface area contributed by atoms with Crippen LogP contribution in [0.15, 0.2) is 41.3 Å². The topological polar surface area (TPSA) is 53.5 Å². The Hall–Kier alpha value is -1.92. The van der Waals surface area contributed by atoms with Crippen LogP contribution in [0.4, 0.5) is 5.82 Å². The Bertz CT molecular complexity index is 919. The normalized spacial score (nSPS) is 21.1. The molecular formula is C21H27N3O2S. The van der Waals surface area contributed by atoms with E-state index < -0.39 is 10.0 Å². The quantitative estimate of drug-likeness (QED) is 0.803. The SMILES string of the molecule is Cc1ccc(S(=O)(=O)N2CCC[C@H]2c2ccc(N3CCCC3)nc2C)cc1. The van der Waals surface area contributed by atoms with Crippen LogP contribution in [-0.2, 0) is 10.0 Å². The van der Waals surface area contributed by atoms with Gasteiger partial charge in [-0.05, 0) is 63.3 Å². The third-order valence-corrected chi connectivity index (χ3v) is 7.65. The second kappa shape index (κ2) is 7.24. The minimum absolute atomic E-state index is 0.128. The molecule has 1 aromatic carbocycles. The lowest BCUT2D eigenvalue weighted by Gasteiger charge is -2.26. The lowest BCUT2D eigenvalue weighted by atomic mass is 10.0. The minimum Gasteiger partial charge on any atom is -0.357 e. The van der Waals surface area contributed by atoms with Crippen molar-refractivity contribution in [1.82, 2.24) is 9.29 Å². The van der Waals surface area contributed by atoms with E-state index >= 15 is 0 Å². The van der Waals surface area contributed by atoms with Gasteiger partial charge in [0.25, 0.3) is 0 Å². The molecule has 0 spiro atoms. The predicted octanol–water partition coefficient (Wildman–Crippen LogP) is 3.82. The number of sulfonamides is 1. The summed E-state index contributed by atoms with van der Waals surface area (Å²) < 4.78 is 28.1. The molecule has 2 fully saturated rings. The Morgan fingerprint density at radius 2 is 1.63 bits per heavy atom. The molecule has 0 bridgehead atoms. The van der Waals surface area contributed by atoms with Crippen LogP contribution in [0.5, 0.6) is 0 Å². The third-order valence-electron chi connectivity index (χ3n) is 5.73. The van der Waals surface area contributed by atoms with Crippen molar-refractivity contribution in [2.24, 2.45) is 0 Å². The largest absolute Gasteiger partial charge is 0.357 e. The fraction of sp³-hybridized carbons (Fsp3) is 0.476. The van der Waals surface area contributed by atoms with Gasteiger partial charge < -0.3 is 4.90 Å². The molecule has 27 heavy (non-hydrogen) atoms. The van der Waals surface area contributed by atoms with E-state index in [-0.39, 0.29) is 6.04 Å². The van der Waals surface area contributed by atoms with Crippen molar-refractivity contribution in [3.05, 3.63) is 53.2 Å². The van der Waals surface area contributed by atoms with E-state index in [0.717, 1.165) is 48.6 Å². The summed E-state index contributed by atoms with van der Waals surface area (Å²) in [5, 5.41) is 0. The number of pyridine rings is 1. The van der Waals surface area contributed by atoms with Gasteiger partial charge in [0, 0.05) is 25.3 Å². The standard InChI is InChI=1S/C21H27N3O2S/c1-16-7-9-18(10-8-16)27(25,26)24-15-5-6-20(24)19-11-12-21(22-17(19)2)23-13-3-4-14-23/h7-12,20H,3-6,13-15H2,1-2H3/t20-/m0/s1. The average molecular weight is 386 g/mol. The fourth-order valence-corrected chi connectivity index (χ4v) is 5.89. The molecule has 144 valence electrons. The molecule has 3 heterocycles. The highest BCUT2D eigenvalue weighted by molar-refractivity contribution is 7.89. The van der Waals surface area contributed by atoms with Crippen LogP contribution in [0, 0.1) is 13.8 Å². The Morgan fingerprint density at radius 3 is 2.30 bits per heavy atom. The summed E-state index contributed by atoms with van der Waals surface area (Å²) >= 11 is 0. The number of hydrogen-bond donors (Lipinski definition) is 0. The second-order valence-electron chi connectivity index (χ2n) is 7.63. The van der Waals surface area contributed by atoms with Gasteiger partial charge in [-0.25, -0.2) is 13.4 Å². The van der Waals surface area contributed by atoms with Gasteiger partial charge in [-0.3, -0.25) is 0 Å². The van der Waals surface area contributed by atoms with Crippen molar-refractivity contribution in [3.8, 4) is 0 Å². The predicted molar refractivity (Wildman–Crippen MR) is 107 cm³/mol. The van der Waals surface area contributed by atoms with Crippen LogP contribution in [0.1, 0.15) is 48.5 Å². The molecule has 6 heteroatoms. The number of aromatic nitrogens is 1. The molecule has 5 nitrogen and oxygen atoms in total. The van der Waals surface area contributed by atoms with Crippen LogP contribution >= 0.6 is 0 Å². The van der Waals surface area contributed by atoms with Crippen molar-refractivity contribution >= 4 is 15.8 Å². The van der Waals surface area contributed by atoms with Crippen molar-refractivity contribution < 1.29 is 8.42 Å². The molecule has 0 amide bonds. The van der Waals surface area contributed by atoms with Gasteiger partial charge in [0.2, 0.25) is 10.0 Å². The van der Waals surface area contributed by atoms with E-state index in [1.165, 1.54) is 12.8 Å². The van der Waals surface area contributed by atoms with Crippen molar-refractivity contribution in [1.29, 1.82) is 0 Å². The molecule has 2 aliphatic heterocycles. The maximum absolute atomic E-state index is 13.2. The summed E-state index contributed by atoms with van der Waals surface area (Å²) in [4.78, 5) is 7.49. The lowest BCUT2D eigenvalue weighted by molar-refractivity contribution is 0.395. The van der Waals surface area contributed by atoms with E-state index in [2.05, 4.69) is 17.0 Å². The fourth-order valence-electron chi connectivity index (χ4n) is 4.22. The monoisotopic (exact) mass is 385 g/mol. The van der Waals surface area contributed by atoms with Crippen molar-refractivity contribution in [3.63, 3.8) is 0 Å². The maximum atomic E-state index is 13.2. The number of rotatable bonds is 4. The molecule has 1 atom stereocenters. The summed E-state index contributed by atoms with van der Waals surface area (Å²) in [5.74, 6) is 1.01. The van der Waals surface area contributed by atoms with Gasteiger partial charge in [0.1, 0.15) is 5.82 Å². The number of anilines is 1. The molecular weight excluding hydrogens is 358 g/mol. The smallest absolute Gasteiger partial charge is 0.243 e. The van der Waals surface area contributed by atoms with Gasteiger partial charge in [-0.1, -0.05) is 23.8 Å². The van der Waals surface area contributed by atoms with Crippen LogP contribution in [-0.4, -0.2) is 37.3 Å². The van der Waals surface area contributed by atoms with E-state index in [4.69, 9.17) is 4.98 Å². The zero-order valence-corrected chi connectivity index (χ0v) is 16.9. The van der Waals surface area contributed by atoms with Gasteiger partial charge in [-0.15, -0.1) is 0 Å². The summed E-state index contributed by atoms with van der Waals surface area (Å²) in [6.45, 7) is 6.65. The first-order chi connectivity index (χ1) is 13.0. The van der Waals surface area contributed by atoms with Crippen LogP contribution in [0.25, 0.3) is 0 Å². The van der Waals surface area contributed by atoms with E-state index in [1.807, 2.05) is 26.0 Å². The minimum atomic E-state index is -3.50. The lowest BCUT2D eigenvalue weighted by Crippen LogP contribution is -2.31. The Morgan fingerprint density at radius 1 is 0.926 bits per heavy atom. The van der Waals surface area contributed by atoms with Crippen LogP contribution in [0.3, 0.4) is 0 Å². The average Bonchev–Trinajstić information content (AvgIpc) is 3.34. The Balaban J connectivity index is 1.64. The van der Waals surface area contributed by atoms with Crippen LogP contribution in [0.2, 0.25) is 0 Å². The van der Waals surface area contributed by atoms with E-state index in [1.54, 1.807) is 16.4 Å². The summed E-state index contributed by atoms with van der Waals surface area (Å²) in [6, 6.07) is 11.2. The number of aryl methyl sites for hydroxylation is 2. The second-order valence-corrected chi connectivity index (χ2v) is 9.52. The third kappa shape index (κ3) is 3.48. The molecule has 0 N–H and O–H groups in total. The molecule has 1 aromatic heterocycles. The van der Waals surface area contributed by atoms with Crippen molar-refractivity contribution in [2.75, 3.05) is 24.5 Å². The van der Waals surface area contributed by atoms with Gasteiger partial charge in [-0.2, -0.15) is 4.31 Å². The maximum Gasteiger partial charge on any atom is 0.243 e. The number of hydrogen-bond acceptors (Lipinski definition) is 4. The van der Waals surface area contributed by atoms with Gasteiger partial charge >= 0.3 is 0 Å². The molecule has 2 aliphatic rings. The molecule has 0 aliphatic carbocycles. The number of nitrogens with zero attached hydrogens (tertiary/aromatic N) is 3. The van der Waals surface area contributed by atoms with Crippen molar-refractivity contribution in [2.45, 2.75) is 50.5 Å². The summed E-state index contributed by atoms with van der Waals surface area (Å²) in [5.41, 5.74) is 3.03. The van der Waals surface area contributed by atoms with E-state index in [0.29, 0.717) is 11.4 Å². The van der Waals surface area contributed by atoms with Gasteiger partial charge in [0.05, 0.1) is 10.9 Å². The molecule has 4 rings (SSSR count). The highest BCUT2D eigenvalue weighted by Crippen LogP contribution is 2.38. The molecule has 2 saturated heterocycles. The molecule has 0 saturated carbocycles. The van der Waals surface area contributed by atoms with Crippen LogP contribution < -0.4 is 4.90 Å². The Kier molecular flexibility index (Phi) is 4.95. The number of benzene rings is 1. The molecule has 0 radical (unpaired) electrons. The zero-order valence-electron chi connectivity index (χ0n) is 16.1. The highest BCUT2D eigenvalue weighted by Gasteiger charge is 2.37. The highest BCUT2D eigenvalue weighted by atomic mass is 32.2. The molecule has 0 unspecified atom stereocenters. The molecule has 2 aromatic rings. The summed E-state index contributed by atoms with van der Waals surface area (Å²) in [6.07, 6.45) is 4.15. The first-order valence-electron chi connectivity index (χ1n) is 9.78. The van der Waals surface area contributed by atoms with E-state index in [9.17, 15) is 8.42 Å². The first kappa shape index (κ1) is 18.4.